The molecular weight excluding hydrogens is 271 g/mol. The highest BCUT2D eigenvalue weighted by Crippen LogP contribution is 2.26. The number of amides is 1. The van der Waals surface area contributed by atoms with Crippen molar-refractivity contribution >= 4 is 29.1 Å². The van der Waals surface area contributed by atoms with Gasteiger partial charge >= 0.3 is 0 Å². The maximum atomic E-state index is 12.1. The minimum absolute atomic E-state index is 0.0237. The second kappa shape index (κ2) is 5.60. The van der Waals surface area contributed by atoms with Gasteiger partial charge in [0.15, 0.2) is 0 Å². The molecule has 3 nitrogen and oxygen atoms in total. The van der Waals surface area contributed by atoms with E-state index in [0.717, 1.165) is 0 Å². The predicted octanol–water partition coefficient (Wildman–Crippen LogP) is 3.66. The molecule has 0 aliphatic carbocycles. The Balaban J connectivity index is 3.03. The highest BCUT2D eigenvalue weighted by atomic mass is 35.5. The summed E-state index contributed by atoms with van der Waals surface area (Å²) in [5.41, 5.74) is -0.672. The van der Waals surface area contributed by atoms with E-state index in [9.17, 15) is 4.79 Å². The third kappa shape index (κ3) is 2.95. The summed E-state index contributed by atoms with van der Waals surface area (Å²) in [6, 6.07) is 6.92. The van der Waals surface area contributed by atoms with Gasteiger partial charge in [0.05, 0.1) is 21.7 Å². The lowest BCUT2D eigenvalue weighted by Crippen LogP contribution is -2.48. The summed E-state index contributed by atoms with van der Waals surface area (Å²) in [7, 11) is 0. The van der Waals surface area contributed by atoms with Crippen LogP contribution in [0.4, 0.5) is 0 Å². The molecule has 0 saturated heterocycles. The zero-order chi connectivity index (χ0) is 13.9. The number of hydrogen-bond donors (Lipinski definition) is 1. The number of hydrogen-bond acceptors (Lipinski definition) is 2. The Labute approximate surface area is 117 Å². The molecule has 1 rings (SSSR count). The van der Waals surface area contributed by atoms with Crippen LogP contribution in [0.3, 0.4) is 0 Å². The highest BCUT2D eigenvalue weighted by Gasteiger charge is 2.31. The molecule has 1 N–H and O–H groups in total. The van der Waals surface area contributed by atoms with Crippen LogP contribution in [0.1, 0.15) is 31.1 Å². The van der Waals surface area contributed by atoms with Gasteiger partial charge in [0.1, 0.15) is 5.54 Å². The number of halogens is 2. The molecule has 1 unspecified atom stereocenters. The summed E-state index contributed by atoms with van der Waals surface area (Å²) in [6.07, 6.45) is 0. The first kappa shape index (κ1) is 14.8. The summed E-state index contributed by atoms with van der Waals surface area (Å²) < 4.78 is 0. The van der Waals surface area contributed by atoms with Gasteiger partial charge < -0.3 is 5.32 Å². The highest BCUT2D eigenvalue weighted by molar-refractivity contribution is 6.43. The van der Waals surface area contributed by atoms with Gasteiger partial charge in [0.2, 0.25) is 0 Å². The molecule has 1 aromatic rings. The minimum Gasteiger partial charge on any atom is -0.334 e. The number of carbonyl (C=O) groups is 1. The minimum atomic E-state index is -0.942. The molecule has 0 fully saturated rings. The molecule has 0 radical (unpaired) electrons. The Bertz CT molecular complexity index is 508. The summed E-state index contributed by atoms with van der Waals surface area (Å²) in [6.45, 7) is 5.40. The Morgan fingerprint density at radius 1 is 1.44 bits per heavy atom. The average molecular weight is 285 g/mol. The van der Waals surface area contributed by atoms with Gasteiger partial charge in [-0.3, -0.25) is 4.79 Å². The van der Waals surface area contributed by atoms with Gasteiger partial charge in [-0.15, -0.1) is 0 Å². The molecule has 0 saturated carbocycles. The fraction of sp³-hybridized carbons (Fsp3) is 0.385. The molecule has 0 aliphatic rings. The van der Waals surface area contributed by atoms with Gasteiger partial charge in [-0.25, -0.2) is 0 Å². The first-order valence-corrected chi connectivity index (χ1v) is 6.25. The Morgan fingerprint density at radius 2 is 2.06 bits per heavy atom. The van der Waals surface area contributed by atoms with Crippen LogP contribution in [0.25, 0.3) is 0 Å². The lowest BCUT2D eigenvalue weighted by molar-refractivity contribution is 0.0908. The van der Waals surface area contributed by atoms with Crippen molar-refractivity contribution in [3.8, 4) is 6.07 Å². The van der Waals surface area contributed by atoms with Crippen LogP contribution in [0, 0.1) is 17.2 Å². The lowest BCUT2D eigenvalue weighted by Gasteiger charge is -2.27. The molecule has 0 heterocycles. The van der Waals surface area contributed by atoms with E-state index in [4.69, 9.17) is 28.5 Å². The van der Waals surface area contributed by atoms with Crippen molar-refractivity contribution in [2.24, 2.45) is 5.92 Å². The van der Waals surface area contributed by atoms with Gasteiger partial charge in [-0.2, -0.15) is 5.26 Å². The summed E-state index contributed by atoms with van der Waals surface area (Å²) in [5, 5.41) is 12.3. The standard InChI is InChI=1S/C13H14Cl2N2O/c1-8(2)13(3,7-16)17-12(18)9-5-4-6-10(14)11(9)15/h4-6,8H,1-3H3,(H,17,18). The lowest BCUT2D eigenvalue weighted by atomic mass is 9.90. The number of benzene rings is 1. The van der Waals surface area contributed by atoms with Gasteiger partial charge in [0, 0.05) is 0 Å². The molecule has 0 spiro atoms. The Hall–Kier alpha value is -1.24. The maximum Gasteiger partial charge on any atom is 0.254 e. The molecule has 1 atom stereocenters. The van der Waals surface area contributed by atoms with Crippen molar-refractivity contribution in [2.75, 3.05) is 0 Å². The van der Waals surface area contributed by atoms with E-state index in [0.29, 0.717) is 5.02 Å². The van der Waals surface area contributed by atoms with Crippen LogP contribution >= 0.6 is 23.2 Å². The Morgan fingerprint density at radius 3 is 2.56 bits per heavy atom. The van der Waals surface area contributed by atoms with E-state index in [1.54, 1.807) is 25.1 Å². The monoisotopic (exact) mass is 284 g/mol. The molecular formula is C13H14Cl2N2O. The van der Waals surface area contributed by atoms with E-state index >= 15 is 0 Å². The first-order valence-electron chi connectivity index (χ1n) is 5.49. The molecule has 1 aromatic carbocycles. The third-order valence-electron chi connectivity index (χ3n) is 2.96. The molecule has 1 amide bonds. The molecule has 5 heteroatoms. The first-order chi connectivity index (χ1) is 8.31. The van der Waals surface area contributed by atoms with E-state index < -0.39 is 11.4 Å². The van der Waals surface area contributed by atoms with Crippen LogP contribution in [-0.4, -0.2) is 11.4 Å². The van der Waals surface area contributed by atoms with E-state index in [-0.39, 0.29) is 16.5 Å². The summed E-state index contributed by atoms with van der Waals surface area (Å²) >= 11 is 11.8. The summed E-state index contributed by atoms with van der Waals surface area (Å²) in [4.78, 5) is 12.1. The van der Waals surface area contributed by atoms with E-state index in [2.05, 4.69) is 11.4 Å². The Kier molecular flexibility index (Phi) is 4.61. The average Bonchev–Trinajstić information content (AvgIpc) is 2.32. The summed E-state index contributed by atoms with van der Waals surface area (Å²) in [5.74, 6) is -0.426. The van der Waals surface area contributed by atoms with Crippen molar-refractivity contribution < 1.29 is 4.79 Å². The predicted molar refractivity (Wildman–Crippen MR) is 72.8 cm³/mol. The van der Waals surface area contributed by atoms with Crippen molar-refractivity contribution in [3.05, 3.63) is 33.8 Å². The zero-order valence-corrected chi connectivity index (χ0v) is 11.9. The number of nitriles is 1. The molecule has 96 valence electrons. The van der Waals surface area contributed by atoms with Crippen molar-refractivity contribution in [1.82, 2.24) is 5.32 Å². The molecule has 0 aliphatic heterocycles. The van der Waals surface area contributed by atoms with Gasteiger partial charge in [-0.1, -0.05) is 43.1 Å². The van der Waals surface area contributed by atoms with Crippen LogP contribution in [0.15, 0.2) is 18.2 Å². The quantitative estimate of drug-likeness (QED) is 0.921. The molecule has 0 aromatic heterocycles. The van der Waals surface area contributed by atoms with Gasteiger partial charge in [0.25, 0.3) is 5.91 Å². The van der Waals surface area contributed by atoms with Crippen molar-refractivity contribution in [3.63, 3.8) is 0 Å². The number of rotatable bonds is 3. The largest absolute Gasteiger partial charge is 0.334 e. The molecule has 0 bridgehead atoms. The normalized spacial score (nSPS) is 13.8. The third-order valence-corrected chi connectivity index (χ3v) is 3.78. The van der Waals surface area contributed by atoms with Crippen LogP contribution < -0.4 is 5.32 Å². The maximum absolute atomic E-state index is 12.1. The zero-order valence-electron chi connectivity index (χ0n) is 10.4. The second-order valence-electron chi connectivity index (χ2n) is 4.52. The van der Waals surface area contributed by atoms with E-state index in [1.807, 2.05) is 13.8 Å². The van der Waals surface area contributed by atoms with Crippen LogP contribution in [-0.2, 0) is 0 Å². The van der Waals surface area contributed by atoms with Crippen molar-refractivity contribution in [2.45, 2.75) is 26.3 Å². The van der Waals surface area contributed by atoms with Crippen LogP contribution in [0.2, 0.25) is 10.0 Å². The molecule has 18 heavy (non-hydrogen) atoms. The number of nitrogens with zero attached hydrogens (tertiary/aromatic N) is 1. The number of carbonyl (C=O) groups excluding carboxylic acids is 1. The van der Waals surface area contributed by atoms with E-state index in [1.165, 1.54) is 0 Å². The number of nitrogens with one attached hydrogen (secondary N) is 1. The van der Waals surface area contributed by atoms with Crippen LogP contribution in [0.5, 0.6) is 0 Å². The second-order valence-corrected chi connectivity index (χ2v) is 5.31. The topological polar surface area (TPSA) is 52.9 Å². The smallest absolute Gasteiger partial charge is 0.254 e. The fourth-order valence-electron chi connectivity index (χ4n) is 1.28. The van der Waals surface area contributed by atoms with Gasteiger partial charge in [-0.05, 0) is 25.0 Å². The fourth-order valence-corrected chi connectivity index (χ4v) is 1.67. The van der Waals surface area contributed by atoms with Crippen molar-refractivity contribution in [1.29, 1.82) is 5.26 Å². The SMILES string of the molecule is CC(C)C(C)(C#N)NC(=O)c1cccc(Cl)c1Cl.